The maximum absolute atomic E-state index is 13.2. The molecule has 0 aliphatic carbocycles. The summed E-state index contributed by atoms with van der Waals surface area (Å²) in [6.45, 7) is 3.85. The summed E-state index contributed by atoms with van der Waals surface area (Å²) >= 11 is 0. The molecule has 0 N–H and O–H groups in total. The topological polar surface area (TPSA) is 55.8 Å². The number of rotatable bonds is 9. The van der Waals surface area contributed by atoms with E-state index in [1.807, 2.05) is 0 Å². The van der Waals surface area contributed by atoms with Gasteiger partial charge < -0.3 is 9.47 Å². The van der Waals surface area contributed by atoms with Gasteiger partial charge in [0, 0.05) is 13.2 Å². The standard InChI is InChI=1S/C19H22F3NO4S/c1-3-26-18(27-4-2)14-23(16-10-6-5-7-11-16)28(24,25)17-12-8-9-15(13-17)19(20,21)22/h5-13,18H,3-4,14H2,1-2H3. The molecule has 2 aromatic rings. The van der Waals surface area contributed by atoms with Gasteiger partial charge in [-0.3, -0.25) is 4.31 Å². The molecular weight excluding hydrogens is 395 g/mol. The van der Waals surface area contributed by atoms with Crippen molar-refractivity contribution in [1.29, 1.82) is 0 Å². The minimum atomic E-state index is -4.65. The lowest BCUT2D eigenvalue weighted by Crippen LogP contribution is -2.40. The number of ether oxygens (including phenoxy) is 2. The number of para-hydroxylation sites is 1. The van der Waals surface area contributed by atoms with Crippen molar-refractivity contribution < 1.29 is 31.1 Å². The van der Waals surface area contributed by atoms with Gasteiger partial charge in [0.05, 0.1) is 22.7 Å². The summed E-state index contributed by atoms with van der Waals surface area (Å²) in [5, 5.41) is 0. The Morgan fingerprint density at radius 2 is 1.57 bits per heavy atom. The van der Waals surface area contributed by atoms with Crippen molar-refractivity contribution in [3.8, 4) is 0 Å². The van der Waals surface area contributed by atoms with Crippen molar-refractivity contribution in [2.75, 3.05) is 24.1 Å². The van der Waals surface area contributed by atoms with Gasteiger partial charge in [-0.05, 0) is 44.2 Å². The lowest BCUT2D eigenvalue weighted by Gasteiger charge is -2.28. The van der Waals surface area contributed by atoms with Gasteiger partial charge in [-0.25, -0.2) is 8.42 Å². The van der Waals surface area contributed by atoms with E-state index in [0.29, 0.717) is 11.8 Å². The molecule has 0 aliphatic heterocycles. The zero-order valence-electron chi connectivity index (χ0n) is 15.5. The fraction of sp³-hybridized carbons (Fsp3) is 0.368. The molecule has 0 unspecified atom stereocenters. The normalized spacial score (nSPS) is 12.4. The highest BCUT2D eigenvalue weighted by Crippen LogP contribution is 2.32. The first-order chi connectivity index (χ1) is 13.2. The molecule has 0 fully saturated rings. The van der Waals surface area contributed by atoms with Gasteiger partial charge in [0.2, 0.25) is 0 Å². The molecule has 2 aromatic carbocycles. The van der Waals surface area contributed by atoms with Crippen LogP contribution in [-0.2, 0) is 25.7 Å². The minimum Gasteiger partial charge on any atom is -0.351 e. The van der Waals surface area contributed by atoms with E-state index >= 15 is 0 Å². The molecule has 9 heteroatoms. The van der Waals surface area contributed by atoms with E-state index in [9.17, 15) is 21.6 Å². The van der Waals surface area contributed by atoms with Gasteiger partial charge >= 0.3 is 6.18 Å². The van der Waals surface area contributed by atoms with Crippen molar-refractivity contribution in [3.05, 3.63) is 60.2 Å². The molecule has 0 aliphatic rings. The zero-order chi connectivity index (χ0) is 20.8. The number of hydrogen-bond acceptors (Lipinski definition) is 4. The Labute approximate surface area is 162 Å². The monoisotopic (exact) mass is 417 g/mol. The summed E-state index contributed by atoms with van der Waals surface area (Å²) in [5.41, 5.74) is -0.739. The van der Waals surface area contributed by atoms with Gasteiger partial charge in [-0.2, -0.15) is 13.2 Å². The summed E-state index contributed by atoms with van der Waals surface area (Å²) in [6.07, 6.45) is -5.52. The maximum atomic E-state index is 13.2. The summed E-state index contributed by atoms with van der Waals surface area (Å²) in [7, 11) is -4.30. The van der Waals surface area contributed by atoms with Crippen molar-refractivity contribution in [2.24, 2.45) is 0 Å². The van der Waals surface area contributed by atoms with E-state index in [2.05, 4.69) is 0 Å². The third kappa shape index (κ3) is 5.46. The van der Waals surface area contributed by atoms with Crippen molar-refractivity contribution in [2.45, 2.75) is 31.2 Å². The van der Waals surface area contributed by atoms with Crippen LogP contribution < -0.4 is 4.31 Å². The minimum absolute atomic E-state index is 0.204. The Morgan fingerprint density at radius 1 is 0.964 bits per heavy atom. The highest BCUT2D eigenvalue weighted by molar-refractivity contribution is 7.92. The van der Waals surface area contributed by atoms with Crippen LogP contribution in [0, 0.1) is 0 Å². The molecule has 0 spiro atoms. The Morgan fingerprint density at radius 3 is 2.11 bits per heavy atom. The van der Waals surface area contributed by atoms with Crippen LogP contribution in [0.3, 0.4) is 0 Å². The Balaban J connectivity index is 2.50. The van der Waals surface area contributed by atoms with E-state index in [1.54, 1.807) is 44.2 Å². The molecule has 0 bridgehead atoms. The Bertz CT molecular complexity index is 851. The second-order valence-corrected chi connectivity index (χ2v) is 7.60. The number of anilines is 1. The van der Waals surface area contributed by atoms with E-state index < -0.39 is 32.9 Å². The molecule has 5 nitrogen and oxygen atoms in total. The molecule has 0 aromatic heterocycles. The van der Waals surface area contributed by atoms with Gasteiger partial charge in [0.15, 0.2) is 6.29 Å². The molecule has 154 valence electrons. The molecule has 2 rings (SSSR count). The summed E-state index contributed by atoms with van der Waals surface area (Å²) in [4.78, 5) is -0.460. The van der Waals surface area contributed by atoms with Crippen LogP contribution in [-0.4, -0.2) is 34.5 Å². The molecule has 0 atom stereocenters. The van der Waals surface area contributed by atoms with Crippen LogP contribution in [0.25, 0.3) is 0 Å². The number of sulfonamides is 1. The average Bonchev–Trinajstić information content (AvgIpc) is 2.66. The van der Waals surface area contributed by atoms with Crippen molar-refractivity contribution in [3.63, 3.8) is 0 Å². The van der Waals surface area contributed by atoms with E-state index in [-0.39, 0.29) is 19.8 Å². The predicted molar refractivity (Wildman–Crippen MR) is 99.5 cm³/mol. The Hall–Kier alpha value is -2.10. The number of nitrogens with zero attached hydrogens (tertiary/aromatic N) is 1. The van der Waals surface area contributed by atoms with E-state index in [4.69, 9.17) is 9.47 Å². The highest BCUT2D eigenvalue weighted by Gasteiger charge is 2.34. The number of alkyl halides is 3. The first-order valence-corrected chi connectivity index (χ1v) is 10.1. The average molecular weight is 417 g/mol. The van der Waals surface area contributed by atoms with Crippen LogP contribution in [0.5, 0.6) is 0 Å². The van der Waals surface area contributed by atoms with E-state index in [1.165, 1.54) is 0 Å². The smallest absolute Gasteiger partial charge is 0.351 e. The van der Waals surface area contributed by atoms with Crippen LogP contribution in [0.2, 0.25) is 0 Å². The van der Waals surface area contributed by atoms with Gasteiger partial charge in [-0.15, -0.1) is 0 Å². The second-order valence-electron chi connectivity index (χ2n) is 5.74. The molecule has 0 amide bonds. The fourth-order valence-electron chi connectivity index (χ4n) is 2.56. The third-order valence-electron chi connectivity index (χ3n) is 3.81. The summed E-state index contributed by atoms with van der Waals surface area (Å²) in [5.74, 6) is 0. The van der Waals surface area contributed by atoms with E-state index in [0.717, 1.165) is 22.5 Å². The lowest BCUT2D eigenvalue weighted by molar-refractivity contribution is -0.137. The maximum Gasteiger partial charge on any atom is 0.416 e. The van der Waals surface area contributed by atoms with Gasteiger partial charge in [0.25, 0.3) is 10.0 Å². The van der Waals surface area contributed by atoms with Crippen LogP contribution in [0.15, 0.2) is 59.5 Å². The molecule has 0 radical (unpaired) electrons. The Kier molecular flexibility index (Phi) is 7.45. The highest BCUT2D eigenvalue weighted by atomic mass is 32.2. The van der Waals surface area contributed by atoms with Gasteiger partial charge in [-0.1, -0.05) is 24.3 Å². The lowest BCUT2D eigenvalue weighted by atomic mass is 10.2. The number of halogens is 3. The fourth-order valence-corrected chi connectivity index (χ4v) is 4.06. The first kappa shape index (κ1) is 22.2. The number of benzene rings is 2. The summed E-state index contributed by atoms with van der Waals surface area (Å²) in [6, 6.07) is 11.8. The third-order valence-corrected chi connectivity index (χ3v) is 5.60. The quantitative estimate of drug-likeness (QED) is 0.571. The van der Waals surface area contributed by atoms with Crippen molar-refractivity contribution in [1.82, 2.24) is 0 Å². The first-order valence-electron chi connectivity index (χ1n) is 8.68. The molecule has 28 heavy (non-hydrogen) atoms. The molecule has 0 saturated heterocycles. The number of hydrogen-bond donors (Lipinski definition) is 0. The largest absolute Gasteiger partial charge is 0.416 e. The van der Waals surface area contributed by atoms with Gasteiger partial charge in [0.1, 0.15) is 0 Å². The van der Waals surface area contributed by atoms with Crippen molar-refractivity contribution >= 4 is 15.7 Å². The second kappa shape index (κ2) is 9.40. The predicted octanol–water partition coefficient (Wildman–Crippen LogP) is 4.30. The SMILES string of the molecule is CCOC(CN(c1ccccc1)S(=O)(=O)c1cccc(C(F)(F)F)c1)OCC. The zero-order valence-corrected chi connectivity index (χ0v) is 16.3. The molecular formula is C19H22F3NO4S. The molecule has 0 saturated carbocycles. The van der Waals surface area contributed by atoms with Crippen LogP contribution in [0.1, 0.15) is 19.4 Å². The molecule has 0 heterocycles. The van der Waals surface area contributed by atoms with Crippen LogP contribution >= 0.6 is 0 Å². The van der Waals surface area contributed by atoms with Crippen LogP contribution in [0.4, 0.5) is 18.9 Å². The summed E-state index contributed by atoms with van der Waals surface area (Å²) < 4.78 is 77.4.